The van der Waals surface area contributed by atoms with E-state index in [1.165, 1.54) is 5.56 Å². The van der Waals surface area contributed by atoms with Gasteiger partial charge in [0, 0.05) is 5.39 Å². The molecule has 0 saturated carbocycles. The van der Waals surface area contributed by atoms with E-state index in [9.17, 15) is 0 Å². The first-order valence-corrected chi connectivity index (χ1v) is 4.46. The van der Waals surface area contributed by atoms with Crippen molar-refractivity contribution in [3.8, 4) is 6.01 Å². The fourth-order valence-corrected chi connectivity index (χ4v) is 1.41. The maximum Gasteiger partial charge on any atom is 0.316 e. The molecular weight excluding hydrogens is 178 g/mol. The molecule has 0 atom stereocenters. The van der Waals surface area contributed by atoms with Gasteiger partial charge in [0.15, 0.2) is 0 Å². The SMILES string of the molecule is CCc1ccc2nc(O)nc(N)c2c1. The second-order valence-electron chi connectivity index (χ2n) is 3.11. The highest BCUT2D eigenvalue weighted by Gasteiger charge is 2.04. The van der Waals surface area contributed by atoms with Crippen LogP contribution in [-0.2, 0) is 6.42 Å². The summed E-state index contributed by atoms with van der Waals surface area (Å²) in [7, 11) is 0. The summed E-state index contributed by atoms with van der Waals surface area (Å²) in [5.74, 6) is 0.322. The minimum atomic E-state index is -0.278. The molecule has 0 unspecified atom stereocenters. The van der Waals surface area contributed by atoms with Crippen LogP contribution in [0.25, 0.3) is 10.9 Å². The highest BCUT2D eigenvalue weighted by molar-refractivity contribution is 5.88. The van der Waals surface area contributed by atoms with Crippen LogP contribution in [-0.4, -0.2) is 15.1 Å². The van der Waals surface area contributed by atoms with E-state index in [0.717, 1.165) is 11.8 Å². The number of benzene rings is 1. The Morgan fingerprint density at radius 1 is 1.36 bits per heavy atom. The number of anilines is 1. The van der Waals surface area contributed by atoms with Crippen molar-refractivity contribution in [2.45, 2.75) is 13.3 Å². The van der Waals surface area contributed by atoms with Crippen molar-refractivity contribution >= 4 is 16.7 Å². The van der Waals surface area contributed by atoms with Gasteiger partial charge in [-0.2, -0.15) is 9.97 Å². The number of nitrogens with zero attached hydrogens (tertiary/aromatic N) is 2. The van der Waals surface area contributed by atoms with E-state index >= 15 is 0 Å². The van der Waals surface area contributed by atoms with Gasteiger partial charge in [-0.05, 0) is 24.1 Å². The molecule has 14 heavy (non-hydrogen) atoms. The zero-order chi connectivity index (χ0) is 10.1. The lowest BCUT2D eigenvalue weighted by atomic mass is 10.1. The number of hydrogen-bond acceptors (Lipinski definition) is 4. The van der Waals surface area contributed by atoms with Gasteiger partial charge in [0.2, 0.25) is 0 Å². The van der Waals surface area contributed by atoms with E-state index in [0.29, 0.717) is 11.3 Å². The Morgan fingerprint density at radius 2 is 2.14 bits per heavy atom. The van der Waals surface area contributed by atoms with E-state index in [1.54, 1.807) is 0 Å². The maximum atomic E-state index is 9.14. The van der Waals surface area contributed by atoms with Crippen LogP contribution in [0.3, 0.4) is 0 Å². The van der Waals surface area contributed by atoms with Crippen LogP contribution in [0.5, 0.6) is 6.01 Å². The van der Waals surface area contributed by atoms with Crippen LogP contribution in [0.2, 0.25) is 0 Å². The van der Waals surface area contributed by atoms with Crippen LogP contribution in [0, 0.1) is 0 Å². The lowest BCUT2D eigenvalue weighted by Crippen LogP contribution is -1.95. The van der Waals surface area contributed by atoms with Crippen LogP contribution in [0.1, 0.15) is 12.5 Å². The van der Waals surface area contributed by atoms with E-state index < -0.39 is 0 Å². The Hall–Kier alpha value is -1.84. The Balaban J connectivity index is 2.75. The molecule has 0 bridgehead atoms. The first kappa shape index (κ1) is 8.74. The fraction of sp³-hybridized carbons (Fsp3) is 0.200. The lowest BCUT2D eigenvalue weighted by molar-refractivity contribution is 0.434. The molecular formula is C10H11N3O. The summed E-state index contributed by atoms with van der Waals surface area (Å²) < 4.78 is 0. The number of nitrogen functional groups attached to an aromatic ring is 1. The summed E-state index contributed by atoms with van der Waals surface area (Å²) in [6.45, 7) is 2.07. The first-order chi connectivity index (χ1) is 6.70. The first-order valence-electron chi connectivity index (χ1n) is 4.46. The zero-order valence-electron chi connectivity index (χ0n) is 7.86. The molecule has 3 N–H and O–H groups in total. The number of hydrogen-bond donors (Lipinski definition) is 2. The molecule has 1 aromatic heterocycles. The van der Waals surface area contributed by atoms with Gasteiger partial charge in [-0.3, -0.25) is 0 Å². The molecule has 2 rings (SSSR count). The van der Waals surface area contributed by atoms with Crippen LogP contribution in [0.4, 0.5) is 5.82 Å². The van der Waals surface area contributed by atoms with Crippen molar-refractivity contribution < 1.29 is 5.11 Å². The van der Waals surface area contributed by atoms with Gasteiger partial charge in [-0.25, -0.2) is 0 Å². The quantitative estimate of drug-likeness (QED) is 0.712. The van der Waals surface area contributed by atoms with Gasteiger partial charge in [0.05, 0.1) is 5.52 Å². The standard InChI is InChI=1S/C10H11N3O/c1-2-6-3-4-8-7(5-6)9(11)13-10(14)12-8/h3-5H,2H2,1H3,(H3,11,12,13,14). The van der Waals surface area contributed by atoms with Crippen molar-refractivity contribution in [3.05, 3.63) is 23.8 Å². The van der Waals surface area contributed by atoms with Crippen LogP contribution >= 0.6 is 0 Å². The predicted octanol–water partition coefficient (Wildman–Crippen LogP) is 1.48. The Labute approximate surface area is 81.4 Å². The van der Waals surface area contributed by atoms with E-state index in [-0.39, 0.29) is 6.01 Å². The van der Waals surface area contributed by atoms with Gasteiger partial charge in [-0.15, -0.1) is 0 Å². The van der Waals surface area contributed by atoms with Crippen molar-refractivity contribution in [3.63, 3.8) is 0 Å². The molecule has 0 aliphatic carbocycles. The second kappa shape index (κ2) is 3.14. The third-order valence-corrected chi connectivity index (χ3v) is 2.19. The smallest absolute Gasteiger partial charge is 0.316 e. The van der Waals surface area contributed by atoms with Crippen LogP contribution < -0.4 is 5.73 Å². The fourth-order valence-electron chi connectivity index (χ4n) is 1.41. The van der Waals surface area contributed by atoms with Gasteiger partial charge in [-0.1, -0.05) is 13.0 Å². The average molecular weight is 189 g/mol. The maximum absolute atomic E-state index is 9.14. The largest absolute Gasteiger partial charge is 0.479 e. The number of fused-ring (bicyclic) bond motifs is 1. The number of nitrogens with two attached hydrogens (primary N) is 1. The predicted molar refractivity (Wildman–Crippen MR) is 55.0 cm³/mol. The van der Waals surface area contributed by atoms with Crippen molar-refractivity contribution in [2.75, 3.05) is 5.73 Å². The molecule has 4 heteroatoms. The highest BCUT2D eigenvalue weighted by atomic mass is 16.3. The summed E-state index contributed by atoms with van der Waals surface area (Å²) in [4.78, 5) is 7.58. The molecule has 0 radical (unpaired) electrons. The molecule has 2 aromatic rings. The summed E-state index contributed by atoms with van der Waals surface area (Å²) in [6.07, 6.45) is 0.941. The summed E-state index contributed by atoms with van der Waals surface area (Å²) in [6, 6.07) is 5.48. The van der Waals surface area contributed by atoms with Crippen LogP contribution in [0.15, 0.2) is 18.2 Å². The number of aryl methyl sites for hydroxylation is 1. The molecule has 1 aromatic carbocycles. The molecule has 0 fully saturated rings. The molecule has 0 saturated heterocycles. The van der Waals surface area contributed by atoms with Gasteiger partial charge >= 0.3 is 6.01 Å². The minimum absolute atomic E-state index is 0.278. The minimum Gasteiger partial charge on any atom is -0.479 e. The van der Waals surface area contributed by atoms with E-state index in [2.05, 4.69) is 16.9 Å². The summed E-state index contributed by atoms with van der Waals surface area (Å²) in [5.41, 5.74) is 7.52. The molecule has 0 amide bonds. The average Bonchev–Trinajstić information content (AvgIpc) is 2.17. The number of aromatic hydroxyl groups is 1. The summed E-state index contributed by atoms with van der Waals surface area (Å²) >= 11 is 0. The molecule has 4 nitrogen and oxygen atoms in total. The number of rotatable bonds is 1. The van der Waals surface area contributed by atoms with E-state index in [4.69, 9.17) is 10.8 Å². The monoisotopic (exact) mass is 189 g/mol. The van der Waals surface area contributed by atoms with Gasteiger partial charge in [0.25, 0.3) is 0 Å². The Bertz CT molecular complexity index is 482. The molecule has 1 heterocycles. The number of aromatic nitrogens is 2. The Morgan fingerprint density at radius 3 is 2.86 bits per heavy atom. The molecule has 0 aliphatic rings. The highest BCUT2D eigenvalue weighted by Crippen LogP contribution is 2.21. The van der Waals surface area contributed by atoms with Gasteiger partial charge < -0.3 is 10.8 Å². The van der Waals surface area contributed by atoms with Crippen molar-refractivity contribution in [2.24, 2.45) is 0 Å². The third kappa shape index (κ3) is 1.35. The molecule has 0 spiro atoms. The zero-order valence-corrected chi connectivity index (χ0v) is 7.86. The normalized spacial score (nSPS) is 10.6. The Kier molecular flexibility index (Phi) is 1.96. The lowest BCUT2D eigenvalue weighted by Gasteiger charge is -2.03. The topological polar surface area (TPSA) is 72.0 Å². The molecule has 0 aliphatic heterocycles. The van der Waals surface area contributed by atoms with Gasteiger partial charge in [0.1, 0.15) is 5.82 Å². The summed E-state index contributed by atoms with van der Waals surface area (Å²) in [5, 5.41) is 9.93. The van der Waals surface area contributed by atoms with E-state index in [1.807, 2.05) is 18.2 Å². The van der Waals surface area contributed by atoms with Crippen molar-refractivity contribution in [1.29, 1.82) is 0 Å². The molecule has 72 valence electrons. The van der Waals surface area contributed by atoms with Crippen molar-refractivity contribution in [1.82, 2.24) is 9.97 Å². The second-order valence-corrected chi connectivity index (χ2v) is 3.11. The third-order valence-electron chi connectivity index (χ3n) is 2.19.